The van der Waals surface area contributed by atoms with Gasteiger partial charge in [-0.05, 0) is 6.42 Å². The lowest BCUT2D eigenvalue weighted by molar-refractivity contribution is 0.145. The summed E-state index contributed by atoms with van der Waals surface area (Å²) in [6.45, 7) is 2.95. The summed E-state index contributed by atoms with van der Waals surface area (Å²) in [5.74, 6) is 0. The van der Waals surface area contributed by atoms with E-state index in [1.54, 1.807) is 0 Å². The van der Waals surface area contributed by atoms with Gasteiger partial charge in [-0.25, -0.2) is 5.01 Å². The van der Waals surface area contributed by atoms with Gasteiger partial charge in [0.05, 0.1) is 4.87 Å². The van der Waals surface area contributed by atoms with E-state index in [0.717, 1.165) is 26.1 Å². The molecule has 2 atom stereocenters. The Morgan fingerprint density at radius 2 is 2.50 bits per heavy atom. The molecule has 1 N–H and O–H groups in total. The first kappa shape index (κ1) is 6.65. The molecule has 0 spiro atoms. The molecule has 0 radical (unpaired) electrons. The Kier molecular flexibility index (Phi) is 1.48. The van der Waals surface area contributed by atoms with Crippen molar-refractivity contribution >= 4 is 11.6 Å². The highest BCUT2D eigenvalue weighted by molar-refractivity contribution is 6.25. The summed E-state index contributed by atoms with van der Waals surface area (Å²) < 4.78 is 0. The highest BCUT2D eigenvalue weighted by Gasteiger charge is 2.32. The van der Waals surface area contributed by atoms with Gasteiger partial charge in [0.1, 0.15) is 0 Å². The largest absolute Gasteiger partial charge is 0.255 e. The molecule has 2 bridgehead atoms. The predicted octanol–water partition coefficient (Wildman–Crippen LogP) is 0.744. The number of hydrogen-bond acceptors (Lipinski definition) is 2. The lowest BCUT2D eigenvalue weighted by Gasteiger charge is -2.39. The first-order chi connectivity index (χ1) is 4.79. The fourth-order valence-electron chi connectivity index (χ4n) is 1.53. The van der Waals surface area contributed by atoms with Gasteiger partial charge in [0, 0.05) is 19.6 Å². The lowest BCUT2D eigenvalue weighted by atomic mass is 9.99. The Labute approximate surface area is 65.8 Å². The molecular formula is C7H11ClN2. The number of fused-ring (bicyclic) bond motifs is 2. The van der Waals surface area contributed by atoms with Gasteiger partial charge >= 0.3 is 0 Å². The minimum absolute atomic E-state index is 0.0660. The van der Waals surface area contributed by atoms with Gasteiger partial charge in [-0.15, -0.1) is 11.6 Å². The summed E-state index contributed by atoms with van der Waals surface area (Å²) >= 11 is 6.24. The van der Waals surface area contributed by atoms with E-state index < -0.39 is 0 Å². The van der Waals surface area contributed by atoms with Crippen molar-refractivity contribution in [3.05, 3.63) is 12.2 Å². The van der Waals surface area contributed by atoms with E-state index in [-0.39, 0.29) is 4.87 Å². The van der Waals surface area contributed by atoms with Gasteiger partial charge in [0.25, 0.3) is 0 Å². The maximum Gasteiger partial charge on any atom is 0.0779 e. The third kappa shape index (κ3) is 1.07. The van der Waals surface area contributed by atoms with E-state index in [9.17, 15) is 0 Å². The van der Waals surface area contributed by atoms with Crippen molar-refractivity contribution in [3.8, 4) is 0 Å². The van der Waals surface area contributed by atoms with Gasteiger partial charge in [-0.3, -0.25) is 5.43 Å². The maximum absolute atomic E-state index is 6.24. The van der Waals surface area contributed by atoms with Crippen LogP contribution in [0.4, 0.5) is 0 Å². The van der Waals surface area contributed by atoms with Gasteiger partial charge in [0.2, 0.25) is 0 Å². The Morgan fingerprint density at radius 1 is 1.60 bits per heavy atom. The van der Waals surface area contributed by atoms with Gasteiger partial charge in [0.15, 0.2) is 0 Å². The van der Waals surface area contributed by atoms with Crippen LogP contribution in [-0.4, -0.2) is 29.5 Å². The van der Waals surface area contributed by atoms with Crippen molar-refractivity contribution in [3.63, 3.8) is 0 Å². The van der Waals surface area contributed by atoms with Crippen molar-refractivity contribution in [2.24, 2.45) is 0 Å². The summed E-state index contributed by atoms with van der Waals surface area (Å²) in [6.07, 6.45) is 5.30. The molecule has 2 heterocycles. The number of nitrogens with one attached hydrogen (secondary N) is 1. The van der Waals surface area contributed by atoms with Crippen molar-refractivity contribution in [1.82, 2.24) is 10.4 Å². The molecule has 1 fully saturated rings. The second kappa shape index (κ2) is 2.22. The molecule has 2 aliphatic rings. The molecule has 3 heteroatoms. The first-order valence-corrected chi connectivity index (χ1v) is 4.01. The summed E-state index contributed by atoms with van der Waals surface area (Å²) in [5.41, 5.74) is 3.27. The topological polar surface area (TPSA) is 15.3 Å². The minimum Gasteiger partial charge on any atom is -0.255 e. The number of rotatable bonds is 0. The van der Waals surface area contributed by atoms with Crippen LogP contribution in [-0.2, 0) is 0 Å². The summed E-state index contributed by atoms with van der Waals surface area (Å²) in [7, 11) is 0. The molecular weight excluding hydrogens is 148 g/mol. The van der Waals surface area contributed by atoms with E-state index >= 15 is 0 Å². The van der Waals surface area contributed by atoms with Gasteiger partial charge in [-0.1, -0.05) is 12.2 Å². The van der Waals surface area contributed by atoms with Crippen LogP contribution >= 0.6 is 11.6 Å². The molecule has 2 unspecified atom stereocenters. The smallest absolute Gasteiger partial charge is 0.0779 e. The van der Waals surface area contributed by atoms with Gasteiger partial charge in [-0.2, -0.15) is 0 Å². The summed E-state index contributed by atoms with van der Waals surface area (Å²) in [4.78, 5) is -0.0660. The standard InChI is InChI=1S/C7H11ClN2/c8-7-2-1-5-10(6-7)9-4-3-7/h1-2,9H,3-6H2. The average molecular weight is 159 g/mol. The van der Waals surface area contributed by atoms with Crippen LogP contribution in [0.3, 0.4) is 0 Å². The number of hydrazine groups is 1. The molecule has 2 rings (SSSR count). The fourth-order valence-corrected chi connectivity index (χ4v) is 1.86. The third-order valence-corrected chi connectivity index (χ3v) is 2.51. The van der Waals surface area contributed by atoms with Gasteiger partial charge < -0.3 is 0 Å². The molecule has 1 saturated heterocycles. The number of nitrogens with zero attached hydrogens (tertiary/aromatic N) is 1. The Balaban J connectivity index is 2.20. The average Bonchev–Trinajstić information content (AvgIpc) is 1.86. The Morgan fingerprint density at radius 3 is 3.20 bits per heavy atom. The number of hydrogen-bond donors (Lipinski definition) is 1. The lowest BCUT2D eigenvalue weighted by Crippen LogP contribution is -2.54. The molecule has 0 aromatic heterocycles. The zero-order valence-electron chi connectivity index (χ0n) is 5.81. The van der Waals surface area contributed by atoms with Crippen LogP contribution in [0.15, 0.2) is 12.2 Å². The molecule has 0 saturated carbocycles. The molecule has 56 valence electrons. The maximum atomic E-state index is 6.24. The van der Waals surface area contributed by atoms with E-state index in [2.05, 4.69) is 22.6 Å². The number of halogens is 1. The highest BCUT2D eigenvalue weighted by atomic mass is 35.5. The number of alkyl halides is 1. The van der Waals surface area contributed by atoms with Crippen LogP contribution in [0.5, 0.6) is 0 Å². The third-order valence-electron chi connectivity index (χ3n) is 2.07. The van der Waals surface area contributed by atoms with E-state index in [1.165, 1.54) is 0 Å². The van der Waals surface area contributed by atoms with Crippen LogP contribution in [0.2, 0.25) is 0 Å². The molecule has 0 amide bonds. The van der Waals surface area contributed by atoms with Crippen molar-refractivity contribution in [2.75, 3.05) is 19.6 Å². The predicted molar refractivity (Wildman–Crippen MR) is 41.9 cm³/mol. The molecule has 0 aromatic carbocycles. The van der Waals surface area contributed by atoms with Crippen molar-refractivity contribution in [2.45, 2.75) is 11.3 Å². The Hall–Kier alpha value is -0.0500. The van der Waals surface area contributed by atoms with E-state index in [1.807, 2.05) is 0 Å². The van der Waals surface area contributed by atoms with Crippen LogP contribution in [0.1, 0.15) is 6.42 Å². The first-order valence-electron chi connectivity index (χ1n) is 3.64. The molecule has 2 aliphatic heterocycles. The van der Waals surface area contributed by atoms with Crippen molar-refractivity contribution in [1.29, 1.82) is 0 Å². The second-order valence-electron chi connectivity index (χ2n) is 2.98. The second-order valence-corrected chi connectivity index (χ2v) is 3.73. The molecule has 0 aromatic rings. The normalized spacial score (nSPS) is 45.5. The molecule has 0 aliphatic carbocycles. The van der Waals surface area contributed by atoms with Crippen LogP contribution in [0, 0.1) is 0 Å². The fraction of sp³-hybridized carbons (Fsp3) is 0.714. The minimum atomic E-state index is -0.0660. The quantitative estimate of drug-likeness (QED) is 0.414. The van der Waals surface area contributed by atoms with Crippen LogP contribution < -0.4 is 5.43 Å². The highest BCUT2D eigenvalue weighted by Crippen LogP contribution is 2.27. The zero-order valence-corrected chi connectivity index (χ0v) is 6.56. The molecule has 10 heavy (non-hydrogen) atoms. The van der Waals surface area contributed by atoms with E-state index in [0.29, 0.717) is 0 Å². The zero-order chi connectivity index (χ0) is 7.03. The monoisotopic (exact) mass is 158 g/mol. The Bertz CT molecular complexity index is 169. The summed E-state index contributed by atoms with van der Waals surface area (Å²) in [5, 5.41) is 2.16. The molecule has 2 nitrogen and oxygen atoms in total. The summed E-state index contributed by atoms with van der Waals surface area (Å²) in [6, 6.07) is 0. The van der Waals surface area contributed by atoms with Crippen LogP contribution in [0.25, 0.3) is 0 Å². The van der Waals surface area contributed by atoms with Crippen molar-refractivity contribution < 1.29 is 0 Å². The van der Waals surface area contributed by atoms with E-state index in [4.69, 9.17) is 11.6 Å². The SMILES string of the molecule is ClC12C=CCN(C1)NCC2.